The van der Waals surface area contributed by atoms with Crippen LogP contribution in [-0.4, -0.2) is 44.6 Å². The van der Waals surface area contributed by atoms with Gasteiger partial charge in [0.1, 0.15) is 24.7 Å². The Bertz CT molecular complexity index is 303. The summed E-state index contributed by atoms with van der Waals surface area (Å²) >= 11 is 0. The fourth-order valence-corrected chi connectivity index (χ4v) is 0.137. The summed E-state index contributed by atoms with van der Waals surface area (Å²) in [5.74, 6) is 1.27. The SMILES string of the molecule is C.CC=O.CC=O.CC=O.CN=C(C)N.CN=C(C)NC#N. The number of aliphatic imine (C=N–C) groups is 2. The van der Waals surface area contributed by atoms with Crippen LogP contribution in [0.15, 0.2) is 9.98 Å². The number of nitrogens with zero attached hydrogens (tertiary/aromatic N) is 3. The monoisotopic (exact) mass is 317 g/mol. The van der Waals surface area contributed by atoms with Gasteiger partial charge in [0, 0.05) is 14.1 Å². The normalized spacial score (nSPS) is 7.73. The molecule has 0 unspecified atom stereocenters. The van der Waals surface area contributed by atoms with Crippen molar-refractivity contribution in [1.29, 1.82) is 5.26 Å². The average molecular weight is 317 g/mol. The van der Waals surface area contributed by atoms with E-state index in [0.29, 0.717) is 11.7 Å². The molecule has 8 nitrogen and oxygen atoms in total. The Balaban J connectivity index is -0.0000000380. The summed E-state index contributed by atoms with van der Waals surface area (Å²) < 4.78 is 0. The van der Waals surface area contributed by atoms with Gasteiger partial charge in [-0.1, -0.05) is 7.43 Å². The number of aldehydes is 3. The van der Waals surface area contributed by atoms with Crippen molar-refractivity contribution in [3.8, 4) is 6.19 Å². The summed E-state index contributed by atoms with van der Waals surface area (Å²) in [5.41, 5.74) is 5.04. The maximum absolute atomic E-state index is 8.81. The predicted octanol–water partition coefficient (Wildman–Crippen LogP) is 1.35. The van der Waals surface area contributed by atoms with Crippen LogP contribution in [0.2, 0.25) is 0 Å². The van der Waals surface area contributed by atoms with E-state index >= 15 is 0 Å². The van der Waals surface area contributed by atoms with Crippen LogP contribution in [0.3, 0.4) is 0 Å². The van der Waals surface area contributed by atoms with Crippen LogP contribution in [0.5, 0.6) is 0 Å². The number of rotatable bonds is 0. The van der Waals surface area contributed by atoms with Gasteiger partial charge in [0.2, 0.25) is 0 Å². The second-order valence-corrected chi connectivity index (χ2v) is 2.62. The molecular weight excluding hydrogens is 286 g/mol. The molecule has 0 saturated carbocycles. The molecule has 130 valence electrons. The predicted molar refractivity (Wildman–Crippen MR) is 92.9 cm³/mol. The summed E-state index contributed by atoms with van der Waals surface area (Å²) in [6.45, 7) is 7.81. The lowest BCUT2D eigenvalue weighted by Crippen LogP contribution is -2.12. The summed E-state index contributed by atoms with van der Waals surface area (Å²) in [6, 6.07) is 0. The molecule has 0 aromatic carbocycles. The molecule has 8 heteroatoms. The zero-order chi connectivity index (χ0) is 18.1. The molecule has 0 bridgehead atoms. The number of carbonyl (C=O) groups excluding carboxylic acids is 3. The molecule has 0 aliphatic carbocycles. The van der Waals surface area contributed by atoms with E-state index < -0.39 is 0 Å². The Morgan fingerprint density at radius 2 is 1.23 bits per heavy atom. The Hall–Kier alpha value is -2.56. The third kappa shape index (κ3) is 239. The van der Waals surface area contributed by atoms with E-state index in [1.54, 1.807) is 34.1 Å². The Morgan fingerprint density at radius 3 is 1.27 bits per heavy atom. The molecule has 0 atom stereocenters. The van der Waals surface area contributed by atoms with E-state index in [1.807, 2.05) is 0 Å². The maximum Gasteiger partial charge on any atom is 0.182 e. The molecule has 0 heterocycles. The topological polar surface area (TPSA) is 138 Å². The number of nitrogens with two attached hydrogens (primary N) is 1. The largest absolute Gasteiger partial charge is 0.388 e. The molecule has 0 aromatic rings. The van der Waals surface area contributed by atoms with Crippen LogP contribution in [0.25, 0.3) is 0 Å². The Morgan fingerprint density at radius 1 is 1.00 bits per heavy atom. The minimum absolute atomic E-state index is 0. The molecule has 0 aliphatic rings. The van der Waals surface area contributed by atoms with Gasteiger partial charge in [-0.25, -0.2) is 0 Å². The van der Waals surface area contributed by atoms with Gasteiger partial charge in [-0.2, -0.15) is 5.26 Å². The molecular formula is C14H31N5O3. The zero-order valence-corrected chi connectivity index (χ0v) is 13.9. The summed E-state index contributed by atoms with van der Waals surface area (Å²) in [5, 5.41) is 10.3. The van der Waals surface area contributed by atoms with Crippen LogP contribution in [0.1, 0.15) is 42.0 Å². The minimum atomic E-state index is 0. The van der Waals surface area contributed by atoms with E-state index in [1.165, 1.54) is 20.8 Å². The Kier molecular flexibility index (Phi) is 85.6. The highest BCUT2D eigenvalue weighted by Gasteiger charge is 1.77. The van der Waals surface area contributed by atoms with Gasteiger partial charge in [-0.3, -0.25) is 15.3 Å². The second kappa shape index (κ2) is 51.5. The van der Waals surface area contributed by atoms with Crippen molar-refractivity contribution in [2.45, 2.75) is 42.0 Å². The molecule has 22 heavy (non-hydrogen) atoms. The van der Waals surface area contributed by atoms with Gasteiger partial charge in [0.05, 0.1) is 5.84 Å². The lowest BCUT2D eigenvalue weighted by Gasteiger charge is -1.86. The van der Waals surface area contributed by atoms with Gasteiger partial charge < -0.3 is 20.1 Å². The second-order valence-electron chi connectivity index (χ2n) is 2.62. The van der Waals surface area contributed by atoms with Gasteiger partial charge in [-0.05, 0) is 34.6 Å². The van der Waals surface area contributed by atoms with Crippen molar-refractivity contribution in [2.75, 3.05) is 14.1 Å². The molecule has 0 saturated heterocycles. The fraction of sp³-hybridized carbons (Fsp3) is 0.571. The van der Waals surface area contributed by atoms with Gasteiger partial charge in [-0.15, -0.1) is 0 Å². The molecule has 0 aromatic heterocycles. The highest BCUT2D eigenvalue weighted by molar-refractivity contribution is 5.80. The van der Waals surface area contributed by atoms with E-state index in [2.05, 4.69) is 15.3 Å². The molecule has 0 radical (unpaired) electrons. The van der Waals surface area contributed by atoms with Crippen molar-refractivity contribution < 1.29 is 14.4 Å². The molecule has 0 fully saturated rings. The fourth-order valence-electron chi connectivity index (χ4n) is 0.137. The van der Waals surface area contributed by atoms with Crippen molar-refractivity contribution in [3.05, 3.63) is 0 Å². The van der Waals surface area contributed by atoms with E-state index in [0.717, 1.165) is 18.9 Å². The zero-order valence-electron chi connectivity index (χ0n) is 13.9. The van der Waals surface area contributed by atoms with Crippen molar-refractivity contribution in [1.82, 2.24) is 5.32 Å². The first-order valence-corrected chi connectivity index (χ1v) is 5.79. The summed E-state index contributed by atoms with van der Waals surface area (Å²) in [4.78, 5) is 33.7. The van der Waals surface area contributed by atoms with E-state index in [-0.39, 0.29) is 7.43 Å². The van der Waals surface area contributed by atoms with Crippen LogP contribution in [-0.2, 0) is 14.4 Å². The van der Waals surface area contributed by atoms with E-state index in [9.17, 15) is 0 Å². The first-order valence-electron chi connectivity index (χ1n) is 5.79. The minimum Gasteiger partial charge on any atom is -0.388 e. The number of nitriles is 1. The van der Waals surface area contributed by atoms with Crippen molar-refractivity contribution in [2.24, 2.45) is 15.7 Å². The molecule has 3 N–H and O–H groups in total. The molecule has 0 aliphatic heterocycles. The molecule has 0 amide bonds. The molecule has 0 spiro atoms. The summed E-state index contributed by atoms with van der Waals surface area (Å²) in [6.07, 6.45) is 3.99. The highest BCUT2D eigenvalue weighted by atomic mass is 16.1. The lowest BCUT2D eigenvalue weighted by molar-refractivity contribution is -0.106. The van der Waals surface area contributed by atoms with Crippen LogP contribution in [0.4, 0.5) is 0 Å². The van der Waals surface area contributed by atoms with Crippen molar-refractivity contribution >= 4 is 30.5 Å². The number of carbonyl (C=O) groups is 3. The maximum atomic E-state index is 8.81. The lowest BCUT2D eigenvalue weighted by atomic mass is 10.7. The number of nitrogens with one attached hydrogen (secondary N) is 1. The van der Waals surface area contributed by atoms with Gasteiger partial charge >= 0.3 is 0 Å². The number of amidine groups is 2. The van der Waals surface area contributed by atoms with Crippen LogP contribution in [0, 0.1) is 11.5 Å². The van der Waals surface area contributed by atoms with E-state index in [4.69, 9.17) is 25.4 Å². The quantitative estimate of drug-likeness (QED) is 0.227. The standard InChI is InChI=1S/C4H7N3.C3H8N2.3C2H4O.CH4/c1-4(6-2)7-3-5;1-3(4)5-2;3*1-2-3;/h1-2H3,(H,6,7);1-2H3,(H2,4,5);3*2H,1H3;1H4. The van der Waals surface area contributed by atoms with Crippen LogP contribution < -0.4 is 11.1 Å². The smallest absolute Gasteiger partial charge is 0.182 e. The Labute approximate surface area is 134 Å². The van der Waals surface area contributed by atoms with Gasteiger partial charge in [0.15, 0.2) is 6.19 Å². The third-order valence-corrected chi connectivity index (χ3v) is 0.925. The average Bonchev–Trinajstić information content (AvgIpc) is 2.42. The van der Waals surface area contributed by atoms with Crippen LogP contribution >= 0.6 is 0 Å². The number of hydrogen-bond donors (Lipinski definition) is 2. The molecule has 0 rings (SSSR count). The summed E-state index contributed by atoms with van der Waals surface area (Å²) in [7, 11) is 3.29. The van der Waals surface area contributed by atoms with Gasteiger partial charge in [0.25, 0.3) is 0 Å². The first-order chi connectivity index (χ1) is 9.82. The van der Waals surface area contributed by atoms with Crippen molar-refractivity contribution in [3.63, 3.8) is 0 Å². The highest BCUT2D eigenvalue weighted by Crippen LogP contribution is 1.61. The third-order valence-electron chi connectivity index (χ3n) is 0.925. The first kappa shape index (κ1) is 36.6. The number of hydrogen-bond acceptors (Lipinski definition) is 6.